The van der Waals surface area contributed by atoms with Gasteiger partial charge in [-0.3, -0.25) is 0 Å². The van der Waals surface area contributed by atoms with Crippen LogP contribution in [0.2, 0.25) is 0 Å². The SMILES string of the molecule is Cc1ccc(S(=O)(=O)N2CCN(c3nc4ccccc4nc3-n3nc(C)cc3C)CC2)c(C)c1. The predicted molar refractivity (Wildman–Crippen MR) is 133 cm³/mol. The lowest BCUT2D eigenvalue weighted by Crippen LogP contribution is -2.49. The highest BCUT2D eigenvalue weighted by Gasteiger charge is 2.31. The quantitative estimate of drug-likeness (QED) is 0.448. The second kappa shape index (κ2) is 8.48. The number of fused-ring (bicyclic) bond motifs is 1. The van der Waals surface area contributed by atoms with Crippen molar-refractivity contribution < 1.29 is 8.42 Å². The molecule has 1 saturated heterocycles. The molecule has 0 radical (unpaired) electrons. The van der Waals surface area contributed by atoms with Gasteiger partial charge >= 0.3 is 0 Å². The number of hydrogen-bond donors (Lipinski definition) is 0. The lowest BCUT2D eigenvalue weighted by molar-refractivity contribution is 0.383. The fraction of sp³-hybridized carbons (Fsp3) is 0.320. The fourth-order valence-corrected chi connectivity index (χ4v) is 6.18. The summed E-state index contributed by atoms with van der Waals surface area (Å²) in [6, 6.07) is 15.2. The summed E-state index contributed by atoms with van der Waals surface area (Å²) in [5, 5.41) is 4.63. The van der Waals surface area contributed by atoms with Crippen molar-refractivity contribution in [1.82, 2.24) is 24.1 Å². The third kappa shape index (κ3) is 3.95. The Balaban J connectivity index is 1.48. The Labute approximate surface area is 199 Å². The van der Waals surface area contributed by atoms with Crippen LogP contribution in [0.5, 0.6) is 0 Å². The number of rotatable bonds is 4. The number of aryl methyl sites for hydroxylation is 4. The molecule has 0 bridgehead atoms. The molecule has 1 aliphatic rings. The number of nitrogens with zero attached hydrogens (tertiary/aromatic N) is 6. The number of anilines is 1. The normalized spacial score (nSPS) is 15.2. The van der Waals surface area contributed by atoms with Gasteiger partial charge in [0.25, 0.3) is 0 Å². The van der Waals surface area contributed by atoms with Crippen molar-refractivity contribution in [3.63, 3.8) is 0 Å². The average molecular weight is 477 g/mol. The van der Waals surface area contributed by atoms with E-state index in [1.54, 1.807) is 10.4 Å². The molecule has 0 unspecified atom stereocenters. The molecular weight excluding hydrogens is 448 g/mol. The van der Waals surface area contributed by atoms with Crippen LogP contribution >= 0.6 is 0 Å². The Bertz CT molecular complexity index is 1490. The molecule has 2 aromatic carbocycles. The Kier molecular flexibility index (Phi) is 5.61. The van der Waals surface area contributed by atoms with E-state index in [4.69, 9.17) is 9.97 Å². The largest absolute Gasteiger partial charge is 0.351 e. The summed E-state index contributed by atoms with van der Waals surface area (Å²) in [6.45, 7) is 9.55. The van der Waals surface area contributed by atoms with Crippen LogP contribution in [-0.4, -0.2) is 58.7 Å². The Hall–Kier alpha value is -3.30. The summed E-state index contributed by atoms with van der Waals surface area (Å²) in [4.78, 5) is 12.3. The molecule has 5 rings (SSSR count). The molecule has 9 heteroatoms. The molecule has 0 amide bonds. The molecule has 0 saturated carbocycles. The van der Waals surface area contributed by atoms with Gasteiger partial charge < -0.3 is 4.90 Å². The summed E-state index contributed by atoms with van der Waals surface area (Å²) in [5.74, 6) is 1.38. The third-order valence-electron chi connectivity index (χ3n) is 6.23. The van der Waals surface area contributed by atoms with Crippen LogP contribution in [0.4, 0.5) is 5.82 Å². The standard InChI is InChI=1S/C25H28N6O2S/c1-17-9-10-23(18(2)15-17)34(32,33)30-13-11-29(12-14-30)24-25(31-20(4)16-19(3)28-31)27-22-8-6-5-7-21(22)26-24/h5-10,15-16H,11-14H2,1-4H3. The van der Waals surface area contributed by atoms with E-state index in [1.807, 2.05) is 74.8 Å². The molecule has 176 valence electrons. The monoisotopic (exact) mass is 476 g/mol. The first kappa shape index (κ1) is 22.5. The Morgan fingerprint density at radius 3 is 2.03 bits per heavy atom. The van der Waals surface area contributed by atoms with Gasteiger partial charge in [0.2, 0.25) is 10.0 Å². The first-order valence-corrected chi connectivity index (χ1v) is 12.8. The number of sulfonamides is 1. The van der Waals surface area contributed by atoms with Gasteiger partial charge in [-0.25, -0.2) is 23.1 Å². The second-order valence-electron chi connectivity index (χ2n) is 8.86. The van der Waals surface area contributed by atoms with E-state index in [2.05, 4.69) is 10.00 Å². The maximum Gasteiger partial charge on any atom is 0.243 e. The topological polar surface area (TPSA) is 84.2 Å². The summed E-state index contributed by atoms with van der Waals surface area (Å²) in [5.41, 5.74) is 5.29. The molecule has 2 aromatic heterocycles. The second-order valence-corrected chi connectivity index (χ2v) is 10.8. The summed E-state index contributed by atoms with van der Waals surface area (Å²) >= 11 is 0. The van der Waals surface area contributed by atoms with Crippen molar-refractivity contribution in [2.24, 2.45) is 0 Å². The van der Waals surface area contributed by atoms with E-state index < -0.39 is 10.0 Å². The molecule has 34 heavy (non-hydrogen) atoms. The Morgan fingerprint density at radius 1 is 0.794 bits per heavy atom. The Morgan fingerprint density at radius 2 is 1.44 bits per heavy atom. The minimum atomic E-state index is -3.56. The first-order chi connectivity index (χ1) is 16.2. The highest BCUT2D eigenvalue weighted by Crippen LogP contribution is 2.28. The van der Waals surface area contributed by atoms with Gasteiger partial charge in [0.05, 0.1) is 21.6 Å². The minimum Gasteiger partial charge on any atom is -0.351 e. The number of aromatic nitrogens is 4. The zero-order valence-corrected chi connectivity index (χ0v) is 20.7. The van der Waals surface area contributed by atoms with E-state index in [1.165, 1.54) is 0 Å². The highest BCUT2D eigenvalue weighted by molar-refractivity contribution is 7.89. The van der Waals surface area contributed by atoms with Gasteiger partial charge in [0.1, 0.15) is 0 Å². The lowest BCUT2D eigenvalue weighted by Gasteiger charge is -2.35. The van der Waals surface area contributed by atoms with Crippen LogP contribution in [0.25, 0.3) is 16.9 Å². The number of benzene rings is 2. The van der Waals surface area contributed by atoms with Crippen LogP contribution in [0.15, 0.2) is 53.4 Å². The van der Waals surface area contributed by atoms with Crippen LogP contribution in [0.1, 0.15) is 22.5 Å². The zero-order valence-electron chi connectivity index (χ0n) is 19.9. The van der Waals surface area contributed by atoms with E-state index in [9.17, 15) is 8.42 Å². The van der Waals surface area contributed by atoms with Gasteiger partial charge in [-0.15, -0.1) is 0 Å². The molecule has 4 aromatic rings. The smallest absolute Gasteiger partial charge is 0.243 e. The third-order valence-corrected chi connectivity index (χ3v) is 8.29. The molecule has 3 heterocycles. The van der Waals surface area contributed by atoms with E-state index in [0.29, 0.717) is 42.7 Å². The predicted octanol–water partition coefficient (Wildman–Crippen LogP) is 3.56. The van der Waals surface area contributed by atoms with Crippen LogP contribution < -0.4 is 4.90 Å². The van der Waals surface area contributed by atoms with E-state index in [0.717, 1.165) is 33.5 Å². The van der Waals surface area contributed by atoms with Crippen LogP contribution in [0.3, 0.4) is 0 Å². The van der Waals surface area contributed by atoms with Gasteiger partial charge in [-0.2, -0.15) is 9.40 Å². The molecule has 1 fully saturated rings. The van der Waals surface area contributed by atoms with E-state index in [-0.39, 0.29) is 0 Å². The summed E-state index contributed by atoms with van der Waals surface area (Å²) in [7, 11) is -3.56. The van der Waals surface area contributed by atoms with Gasteiger partial charge in [0.15, 0.2) is 11.6 Å². The zero-order chi connectivity index (χ0) is 24.0. The maximum absolute atomic E-state index is 13.3. The number of hydrogen-bond acceptors (Lipinski definition) is 6. The van der Waals surface area contributed by atoms with Crippen LogP contribution in [0, 0.1) is 27.7 Å². The van der Waals surface area contributed by atoms with E-state index >= 15 is 0 Å². The summed E-state index contributed by atoms with van der Waals surface area (Å²) in [6.07, 6.45) is 0. The molecule has 8 nitrogen and oxygen atoms in total. The van der Waals surface area contributed by atoms with Crippen molar-refractivity contribution in [2.45, 2.75) is 32.6 Å². The molecule has 1 aliphatic heterocycles. The molecule has 0 N–H and O–H groups in total. The van der Waals surface area contributed by atoms with Crippen LogP contribution in [-0.2, 0) is 10.0 Å². The molecule has 0 spiro atoms. The van der Waals surface area contributed by atoms with Crippen molar-refractivity contribution in [3.8, 4) is 5.82 Å². The highest BCUT2D eigenvalue weighted by atomic mass is 32.2. The maximum atomic E-state index is 13.3. The minimum absolute atomic E-state index is 0.375. The van der Waals surface area contributed by atoms with Gasteiger partial charge in [-0.05, 0) is 57.5 Å². The lowest BCUT2D eigenvalue weighted by atomic mass is 10.2. The van der Waals surface area contributed by atoms with Gasteiger partial charge in [0, 0.05) is 31.9 Å². The van der Waals surface area contributed by atoms with Crippen molar-refractivity contribution >= 4 is 26.9 Å². The first-order valence-electron chi connectivity index (χ1n) is 11.4. The molecule has 0 atom stereocenters. The average Bonchev–Trinajstić information content (AvgIpc) is 3.15. The molecule has 0 aliphatic carbocycles. The summed E-state index contributed by atoms with van der Waals surface area (Å²) < 4.78 is 30.1. The molecular formula is C25H28N6O2S. The van der Waals surface area contributed by atoms with Gasteiger partial charge in [-0.1, -0.05) is 29.8 Å². The fourth-order valence-electron chi connectivity index (χ4n) is 4.55. The number of piperazine rings is 1. The number of para-hydroxylation sites is 2. The van der Waals surface area contributed by atoms with Crippen molar-refractivity contribution in [2.75, 3.05) is 31.1 Å². The van der Waals surface area contributed by atoms with Crippen molar-refractivity contribution in [1.29, 1.82) is 0 Å². The van der Waals surface area contributed by atoms with Crippen molar-refractivity contribution in [3.05, 3.63) is 71.0 Å².